The summed E-state index contributed by atoms with van der Waals surface area (Å²) in [5, 5.41) is 3.11. The average molecular weight is 243 g/mol. The SMILES string of the molecule is CC(=O)c1cccc(Nc2cnc(=O)[nH]c2C)c1. The fourth-order valence-corrected chi connectivity index (χ4v) is 1.58. The molecular weight excluding hydrogens is 230 g/mol. The number of hydrogen-bond donors (Lipinski definition) is 2. The monoisotopic (exact) mass is 243 g/mol. The molecule has 0 atom stereocenters. The molecule has 0 aliphatic rings. The van der Waals surface area contributed by atoms with Gasteiger partial charge in [0.05, 0.1) is 11.9 Å². The highest BCUT2D eigenvalue weighted by molar-refractivity contribution is 5.95. The Morgan fingerprint density at radius 3 is 2.83 bits per heavy atom. The van der Waals surface area contributed by atoms with Crippen LogP contribution in [0.1, 0.15) is 23.0 Å². The van der Waals surface area contributed by atoms with Gasteiger partial charge in [-0.1, -0.05) is 12.1 Å². The molecule has 0 bridgehead atoms. The third kappa shape index (κ3) is 2.63. The minimum atomic E-state index is -0.379. The number of benzene rings is 1. The zero-order chi connectivity index (χ0) is 13.1. The largest absolute Gasteiger partial charge is 0.353 e. The van der Waals surface area contributed by atoms with E-state index in [0.717, 1.165) is 5.69 Å². The Balaban J connectivity index is 2.31. The van der Waals surface area contributed by atoms with Gasteiger partial charge in [-0.2, -0.15) is 4.98 Å². The smallest absolute Gasteiger partial charge is 0.345 e. The number of nitrogens with one attached hydrogen (secondary N) is 2. The molecule has 2 rings (SSSR count). The zero-order valence-electron chi connectivity index (χ0n) is 10.2. The van der Waals surface area contributed by atoms with E-state index in [1.54, 1.807) is 25.1 Å². The lowest BCUT2D eigenvalue weighted by atomic mass is 10.1. The van der Waals surface area contributed by atoms with Crippen LogP contribution >= 0.6 is 0 Å². The molecule has 2 aromatic rings. The maximum atomic E-state index is 11.3. The van der Waals surface area contributed by atoms with Gasteiger partial charge in [-0.05, 0) is 26.0 Å². The highest BCUT2D eigenvalue weighted by Crippen LogP contribution is 2.18. The number of aryl methyl sites for hydroxylation is 1. The van der Waals surface area contributed by atoms with Gasteiger partial charge in [-0.15, -0.1) is 0 Å². The van der Waals surface area contributed by atoms with E-state index in [1.165, 1.54) is 13.1 Å². The van der Waals surface area contributed by atoms with Crippen molar-refractivity contribution in [2.24, 2.45) is 0 Å². The van der Waals surface area contributed by atoms with Crippen LogP contribution in [0.5, 0.6) is 0 Å². The summed E-state index contributed by atoms with van der Waals surface area (Å²) in [7, 11) is 0. The van der Waals surface area contributed by atoms with Crippen LogP contribution in [-0.2, 0) is 0 Å². The van der Waals surface area contributed by atoms with Crippen molar-refractivity contribution in [1.82, 2.24) is 9.97 Å². The lowest BCUT2D eigenvalue weighted by molar-refractivity contribution is 0.101. The molecule has 5 nitrogen and oxygen atoms in total. The first kappa shape index (κ1) is 12.0. The predicted octanol–water partition coefficient (Wildman–Crippen LogP) is 2.02. The molecule has 0 amide bonds. The van der Waals surface area contributed by atoms with Crippen molar-refractivity contribution in [3.63, 3.8) is 0 Å². The number of aromatic nitrogens is 2. The minimum Gasteiger partial charge on any atom is -0.353 e. The van der Waals surface area contributed by atoms with Crippen molar-refractivity contribution in [2.45, 2.75) is 13.8 Å². The lowest BCUT2D eigenvalue weighted by Gasteiger charge is -2.09. The number of ketones is 1. The van der Waals surface area contributed by atoms with Crippen LogP contribution in [0.2, 0.25) is 0 Å². The molecule has 0 aliphatic carbocycles. The molecular formula is C13H13N3O2. The summed E-state index contributed by atoms with van der Waals surface area (Å²) >= 11 is 0. The topological polar surface area (TPSA) is 74.8 Å². The van der Waals surface area contributed by atoms with Crippen molar-refractivity contribution in [3.8, 4) is 0 Å². The van der Waals surface area contributed by atoms with Gasteiger partial charge in [0.1, 0.15) is 0 Å². The third-order valence-electron chi connectivity index (χ3n) is 2.56. The third-order valence-corrected chi connectivity index (χ3v) is 2.56. The van der Waals surface area contributed by atoms with E-state index in [4.69, 9.17) is 0 Å². The van der Waals surface area contributed by atoms with Crippen LogP contribution in [-0.4, -0.2) is 15.8 Å². The number of carbonyl (C=O) groups is 1. The zero-order valence-corrected chi connectivity index (χ0v) is 10.2. The Kier molecular flexibility index (Phi) is 3.23. The summed E-state index contributed by atoms with van der Waals surface area (Å²) in [4.78, 5) is 28.5. The first-order valence-electron chi connectivity index (χ1n) is 5.50. The number of aromatic amines is 1. The summed E-state index contributed by atoms with van der Waals surface area (Å²) in [6.45, 7) is 3.30. The van der Waals surface area contributed by atoms with Crippen LogP contribution in [0.15, 0.2) is 35.3 Å². The Morgan fingerprint density at radius 1 is 1.39 bits per heavy atom. The van der Waals surface area contributed by atoms with Gasteiger partial charge in [0.2, 0.25) is 0 Å². The van der Waals surface area contributed by atoms with E-state index in [-0.39, 0.29) is 11.5 Å². The van der Waals surface area contributed by atoms with E-state index in [9.17, 15) is 9.59 Å². The molecule has 0 unspecified atom stereocenters. The summed E-state index contributed by atoms with van der Waals surface area (Å²) in [5.41, 5.74) is 2.43. The average Bonchev–Trinajstić information content (AvgIpc) is 2.33. The van der Waals surface area contributed by atoms with E-state index in [1.807, 2.05) is 6.07 Å². The van der Waals surface area contributed by atoms with E-state index in [0.29, 0.717) is 16.9 Å². The van der Waals surface area contributed by atoms with Gasteiger partial charge < -0.3 is 10.3 Å². The number of Topliss-reactive ketones (excluding diaryl/α,β-unsaturated/α-hetero) is 1. The number of H-pyrrole nitrogens is 1. The molecule has 0 fully saturated rings. The van der Waals surface area contributed by atoms with Crippen molar-refractivity contribution in [3.05, 3.63) is 52.2 Å². The van der Waals surface area contributed by atoms with Gasteiger partial charge in [-0.25, -0.2) is 4.79 Å². The van der Waals surface area contributed by atoms with Gasteiger partial charge >= 0.3 is 5.69 Å². The Morgan fingerprint density at radius 2 is 2.17 bits per heavy atom. The Hall–Kier alpha value is -2.43. The highest BCUT2D eigenvalue weighted by Gasteiger charge is 2.03. The molecule has 1 aromatic carbocycles. The number of anilines is 2. The maximum absolute atomic E-state index is 11.3. The molecule has 0 radical (unpaired) electrons. The Labute approximate surface area is 104 Å². The Bertz CT molecular complexity index is 647. The van der Waals surface area contributed by atoms with Gasteiger partial charge in [-0.3, -0.25) is 4.79 Å². The number of hydrogen-bond acceptors (Lipinski definition) is 4. The van der Waals surface area contributed by atoms with Crippen molar-refractivity contribution < 1.29 is 4.79 Å². The summed E-state index contributed by atoms with van der Waals surface area (Å²) < 4.78 is 0. The van der Waals surface area contributed by atoms with Crippen LogP contribution in [0, 0.1) is 6.92 Å². The van der Waals surface area contributed by atoms with Gasteiger partial charge in [0.25, 0.3) is 0 Å². The van der Waals surface area contributed by atoms with E-state index in [2.05, 4.69) is 15.3 Å². The number of rotatable bonds is 3. The van der Waals surface area contributed by atoms with Gasteiger partial charge in [0.15, 0.2) is 5.78 Å². The predicted molar refractivity (Wildman–Crippen MR) is 69.3 cm³/mol. The molecule has 1 heterocycles. The van der Waals surface area contributed by atoms with Crippen LogP contribution in [0.25, 0.3) is 0 Å². The first-order chi connectivity index (χ1) is 8.56. The van der Waals surface area contributed by atoms with Crippen molar-refractivity contribution in [1.29, 1.82) is 0 Å². The number of nitrogens with zero attached hydrogens (tertiary/aromatic N) is 1. The fourth-order valence-electron chi connectivity index (χ4n) is 1.58. The fraction of sp³-hybridized carbons (Fsp3) is 0.154. The van der Waals surface area contributed by atoms with Crippen LogP contribution in [0.3, 0.4) is 0 Å². The maximum Gasteiger partial charge on any atom is 0.345 e. The summed E-state index contributed by atoms with van der Waals surface area (Å²) in [6.07, 6.45) is 1.47. The molecule has 0 spiro atoms. The quantitative estimate of drug-likeness (QED) is 0.809. The second kappa shape index (κ2) is 4.83. The summed E-state index contributed by atoms with van der Waals surface area (Å²) in [5.74, 6) is 0.00923. The molecule has 0 saturated heterocycles. The van der Waals surface area contributed by atoms with Crippen molar-refractivity contribution >= 4 is 17.2 Å². The molecule has 0 saturated carbocycles. The minimum absolute atomic E-state index is 0.00923. The molecule has 2 N–H and O–H groups in total. The molecule has 0 aliphatic heterocycles. The second-order valence-corrected chi connectivity index (χ2v) is 3.99. The van der Waals surface area contributed by atoms with Crippen molar-refractivity contribution in [2.75, 3.05) is 5.32 Å². The standard InChI is InChI=1S/C13H13N3O2/c1-8-12(7-14-13(18)15-8)16-11-5-3-4-10(6-11)9(2)17/h3-7,16H,1-2H3,(H,14,15,18). The van der Waals surface area contributed by atoms with E-state index < -0.39 is 0 Å². The first-order valence-corrected chi connectivity index (χ1v) is 5.50. The normalized spacial score (nSPS) is 10.1. The second-order valence-electron chi connectivity index (χ2n) is 3.99. The molecule has 5 heteroatoms. The van der Waals surface area contributed by atoms with Gasteiger partial charge in [0, 0.05) is 16.9 Å². The number of carbonyl (C=O) groups excluding carboxylic acids is 1. The molecule has 1 aromatic heterocycles. The van der Waals surface area contributed by atoms with E-state index >= 15 is 0 Å². The van der Waals surface area contributed by atoms with Crippen LogP contribution < -0.4 is 11.0 Å². The summed E-state index contributed by atoms with van der Waals surface area (Å²) in [6, 6.07) is 7.16. The van der Waals surface area contributed by atoms with Crippen LogP contribution in [0.4, 0.5) is 11.4 Å². The highest BCUT2D eigenvalue weighted by atomic mass is 16.1. The lowest BCUT2D eigenvalue weighted by Crippen LogP contribution is -2.12. The molecule has 92 valence electrons. The molecule has 18 heavy (non-hydrogen) atoms.